The molecule has 0 unspecified atom stereocenters. The molecular formula is C23H20Cl2N4O. The number of nitrogens with zero attached hydrogens (tertiary/aromatic N) is 3. The van der Waals surface area contributed by atoms with E-state index in [1.807, 2.05) is 36.2 Å². The number of para-hydroxylation sites is 1. The van der Waals surface area contributed by atoms with Crippen LogP contribution in [0.4, 0.5) is 0 Å². The van der Waals surface area contributed by atoms with E-state index in [9.17, 15) is 4.79 Å². The average molecular weight is 439 g/mol. The second-order valence-corrected chi connectivity index (χ2v) is 7.72. The van der Waals surface area contributed by atoms with E-state index in [2.05, 4.69) is 21.0 Å². The molecule has 5 nitrogen and oxygen atoms in total. The normalized spacial score (nSPS) is 11.0. The molecule has 0 radical (unpaired) electrons. The molecule has 0 spiro atoms. The van der Waals surface area contributed by atoms with Gasteiger partial charge in [-0.1, -0.05) is 47.5 Å². The Morgan fingerprint density at radius 3 is 2.77 bits per heavy atom. The van der Waals surface area contributed by atoms with E-state index in [-0.39, 0.29) is 5.91 Å². The first kappa shape index (κ1) is 20.4. The molecule has 0 saturated carbocycles. The van der Waals surface area contributed by atoms with E-state index in [1.54, 1.807) is 24.4 Å². The summed E-state index contributed by atoms with van der Waals surface area (Å²) in [6.45, 7) is 3.14. The highest BCUT2D eigenvalue weighted by atomic mass is 35.5. The summed E-state index contributed by atoms with van der Waals surface area (Å²) in [5, 5.41) is 2.05. The highest BCUT2D eigenvalue weighted by Crippen LogP contribution is 2.29. The van der Waals surface area contributed by atoms with Gasteiger partial charge in [0.15, 0.2) is 0 Å². The Labute approximate surface area is 184 Å². The van der Waals surface area contributed by atoms with Crippen molar-refractivity contribution in [1.29, 1.82) is 0 Å². The molecule has 0 fully saturated rings. The maximum absolute atomic E-state index is 13.3. The first-order valence-corrected chi connectivity index (χ1v) is 10.4. The van der Waals surface area contributed by atoms with Gasteiger partial charge in [-0.3, -0.25) is 4.79 Å². The lowest BCUT2D eigenvalue weighted by Crippen LogP contribution is -2.33. The third-order valence-electron chi connectivity index (χ3n) is 5.13. The molecule has 1 amide bonds. The van der Waals surface area contributed by atoms with Crippen LogP contribution in [-0.4, -0.2) is 38.8 Å². The first-order chi connectivity index (χ1) is 14.6. The smallest absolute Gasteiger partial charge is 0.257 e. The second-order valence-electron chi connectivity index (χ2n) is 6.91. The van der Waals surface area contributed by atoms with Crippen LogP contribution in [0, 0.1) is 0 Å². The van der Waals surface area contributed by atoms with E-state index in [0.717, 1.165) is 17.5 Å². The van der Waals surface area contributed by atoms with Crippen LogP contribution in [0.3, 0.4) is 0 Å². The molecule has 152 valence electrons. The molecule has 4 rings (SSSR count). The van der Waals surface area contributed by atoms with Crippen molar-refractivity contribution in [1.82, 2.24) is 19.9 Å². The van der Waals surface area contributed by atoms with Crippen molar-refractivity contribution in [2.24, 2.45) is 0 Å². The molecule has 0 aliphatic rings. The van der Waals surface area contributed by atoms with Crippen molar-refractivity contribution in [3.63, 3.8) is 0 Å². The Bertz CT molecular complexity index is 1200. The number of rotatable bonds is 6. The van der Waals surface area contributed by atoms with Crippen LogP contribution in [0.1, 0.15) is 22.8 Å². The van der Waals surface area contributed by atoms with Gasteiger partial charge in [-0.15, -0.1) is 0 Å². The zero-order chi connectivity index (χ0) is 21.1. The highest BCUT2D eigenvalue weighted by molar-refractivity contribution is 6.42. The summed E-state index contributed by atoms with van der Waals surface area (Å²) in [6, 6.07) is 13.4. The number of aromatic amines is 1. The molecule has 2 aromatic carbocycles. The maximum Gasteiger partial charge on any atom is 0.257 e. The van der Waals surface area contributed by atoms with Gasteiger partial charge in [0.1, 0.15) is 6.33 Å². The van der Waals surface area contributed by atoms with Gasteiger partial charge >= 0.3 is 0 Å². The number of nitrogens with one attached hydrogen (secondary N) is 1. The predicted octanol–water partition coefficient (Wildman–Crippen LogP) is 5.64. The third-order valence-corrected chi connectivity index (χ3v) is 5.87. The molecule has 0 saturated heterocycles. The van der Waals surface area contributed by atoms with E-state index < -0.39 is 0 Å². The molecule has 0 aliphatic heterocycles. The van der Waals surface area contributed by atoms with Gasteiger partial charge in [0.05, 0.1) is 21.3 Å². The molecule has 0 bridgehead atoms. The summed E-state index contributed by atoms with van der Waals surface area (Å²) in [5.41, 5.74) is 3.99. The summed E-state index contributed by atoms with van der Waals surface area (Å²) in [6.07, 6.45) is 5.74. The molecule has 7 heteroatoms. The quantitative estimate of drug-likeness (QED) is 0.423. The number of H-pyrrole nitrogens is 1. The van der Waals surface area contributed by atoms with Crippen molar-refractivity contribution in [3.05, 3.63) is 82.4 Å². The van der Waals surface area contributed by atoms with Crippen LogP contribution < -0.4 is 0 Å². The molecule has 0 aliphatic carbocycles. The number of halogens is 2. The van der Waals surface area contributed by atoms with Crippen LogP contribution in [0.15, 0.2) is 61.2 Å². The fourth-order valence-electron chi connectivity index (χ4n) is 3.53. The standard InChI is InChI=1S/C23H20Cl2N4O/c1-2-29(10-9-16-12-27-21-6-4-3-5-17(16)21)23(30)18-13-26-14-28-22(18)15-7-8-19(24)20(25)11-15/h3-8,11-14,27H,2,9-10H2,1H3. The van der Waals surface area contributed by atoms with Gasteiger partial charge in [-0.2, -0.15) is 0 Å². The van der Waals surface area contributed by atoms with Gasteiger partial charge in [0.25, 0.3) is 5.91 Å². The van der Waals surface area contributed by atoms with Crippen LogP contribution >= 0.6 is 23.2 Å². The zero-order valence-electron chi connectivity index (χ0n) is 16.4. The largest absolute Gasteiger partial charge is 0.361 e. The van der Waals surface area contributed by atoms with Crippen LogP contribution in [0.2, 0.25) is 10.0 Å². The highest BCUT2D eigenvalue weighted by Gasteiger charge is 2.20. The van der Waals surface area contributed by atoms with Crippen molar-refractivity contribution >= 4 is 40.0 Å². The molecule has 2 heterocycles. The number of carbonyl (C=O) groups is 1. The van der Waals surface area contributed by atoms with Crippen LogP contribution in [-0.2, 0) is 6.42 Å². The van der Waals surface area contributed by atoms with E-state index in [4.69, 9.17) is 23.2 Å². The summed E-state index contributed by atoms with van der Waals surface area (Å²) >= 11 is 12.2. The van der Waals surface area contributed by atoms with Gasteiger partial charge in [-0.25, -0.2) is 9.97 Å². The summed E-state index contributed by atoms with van der Waals surface area (Å²) in [7, 11) is 0. The lowest BCUT2D eigenvalue weighted by molar-refractivity contribution is 0.0766. The number of hydrogen-bond acceptors (Lipinski definition) is 3. The Morgan fingerprint density at radius 1 is 1.13 bits per heavy atom. The average Bonchev–Trinajstić information content (AvgIpc) is 3.19. The predicted molar refractivity (Wildman–Crippen MR) is 121 cm³/mol. The Morgan fingerprint density at radius 2 is 1.97 bits per heavy atom. The minimum atomic E-state index is -0.112. The summed E-state index contributed by atoms with van der Waals surface area (Å²) in [5.74, 6) is -0.112. The van der Waals surface area contributed by atoms with Gasteiger partial charge in [0.2, 0.25) is 0 Å². The fraction of sp³-hybridized carbons (Fsp3) is 0.174. The van der Waals surface area contributed by atoms with Crippen molar-refractivity contribution < 1.29 is 4.79 Å². The van der Waals surface area contributed by atoms with E-state index in [1.165, 1.54) is 17.3 Å². The van der Waals surface area contributed by atoms with Gasteiger partial charge in [0, 0.05) is 41.9 Å². The van der Waals surface area contributed by atoms with Gasteiger partial charge < -0.3 is 9.88 Å². The second kappa shape index (κ2) is 8.86. The summed E-state index contributed by atoms with van der Waals surface area (Å²) in [4.78, 5) is 26.8. The maximum atomic E-state index is 13.3. The fourth-order valence-corrected chi connectivity index (χ4v) is 3.83. The molecule has 30 heavy (non-hydrogen) atoms. The number of amides is 1. The van der Waals surface area contributed by atoms with E-state index >= 15 is 0 Å². The Hall–Kier alpha value is -2.89. The minimum Gasteiger partial charge on any atom is -0.361 e. The lowest BCUT2D eigenvalue weighted by atomic mass is 10.1. The van der Waals surface area contributed by atoms with Crippen molar-refractivity contribution in [3.8, 4) is 11.3 Å². The number of hydrogen-bond donors (Lipinski definition) is 1. The minimum absolute atomic E-state index is 0.112. The number of aromatic nitrogens is 3. The van der Waals surface area contributed by atoms with Crippen molar-refractivity contribution in [2.75, 3.05) is 13.1 Å². The number of benzene rings is 2. The topological polar surface area (TPSA) is 61.9 Å². The SMILES string of the molecule is CCN(CCc1c[nH]c2ccccc12)C(=O)c1cncnc1-c1ccc(Cl)c(Cl)c1. The zero-order valence-corrected chi connectivity index (χ0v) is 17.9. The Kier molecular flexibility index (Phi) is 6.02. The molecule has 0 atom stereocenters. The van der Waals surface area contributed by atoms with E-state index in [0.29, 0.717) is 34.4 Å². The number of carbonyl (C=O) groups excluding carboxylic acids is 1. The molecule has 4 aromatic rings. The first-order valence-electron chi connectivity index (χ1n) is 9.68. The Balaban J connectivity index is 1.59. The number of fused-ring (bicyclic) bond motifs is 1. The lowest BCUT2D eigenvalue weighted by Gasteiger charge is -2.22. The molecular weight excluding hydrogens is 419 g/mol. The molecule has 2 aromatic heterocycles. The summed E-state index contributed by atoms with van der Waals surface area (Å²) < 4.78 is 0. The van der Waals surface area contributed by atoms with Crippen LogP contribution in [0.25, 0.3) is 22.2 Å². The van der Waals surface area contributed by atoms with Gasteiger partial charge in [-0.05, 0) is 37.1 Å². The third kappa shape index (κ3) is 4.04. The van der Waals surface area contributed by atoms with Crippen LogP contribution in [0.5, 0.6) is 0 Å². The monoisotopic (exact) mass is 438 g/mol. The van der Waals surface area contributed by atoms with Crippen molar-refractivity contribution in [2.45, 2.75) is 13.3 Å². The number of likely N-dealkylation sites (N-methyl/N-ethyl adjacent to an activating group) is 1. The molecule has 1 N–H and O–H groups in total.